The highest BCUT2D eigenvalue weighted by molar-refractivity contribution is 7.19. The first-order valence-electron chi connectivity index (χ1n) is 10.0. The summed E-state index contributed by atoms with van der Waals surface area (Å²) in [6, 6.07) is 0. The normalized spacial score (nSPS) is 20.6. The van der Waals surface area contributed by atoms with Crippen LogP contribution in [0, 0.1) is 5.92 Å². The number of carbonyl (C=O) groups excluding carboxylic acids is 2. The zero-order chi connectivity index (χ0) is 19.2. The van der Waals surface area contributed by atoms with E-state index in [2.05, 4.69) is 39.2 Å². The lowest BCUT2D eigenvalue weighted by molar-refractivity contribution is -0.125. The molecule has 0 bridgehead atoms. The Kier molecular flexibility index (Phi) is 7.01. The summed E-state index contributed by atoms with van der Waals surface area (Å²) in [4.78, 5) is 30.6. The second kappa shape index (κ2) is 9.45. The fourth-order valence-electron chi connectivity index (χ4n) is 3.68. The van der Waals surface area contributed by atoms with Gasteiger partial charge >= 0.3 is 0 Å². The van der Waals surface area contributed by atoms with Crippen LogP contribution in [-0.4, -0.2) is 72.7 Å². The number of anilines is 2. The van der Waals surface area contributed by atoms with Crippen molar-refractivity contribution in [1.29, 1.82) is 0 Å². The van der Waals surface area contributed by atoms with Gasteiger partial charge in [0.25, 0.3) is 0 Å². The van der Waals surface area contributed by atoms with E-state index in [-0.39, 0.29) is 17.7 Å². The molecule has 0 saturated carbocycles. The topological polar surface area (TPSA) is 81.7 Å². The first-order chi connectivity index (χ1) is 13.1. The maximum Gasteiger partial charge on any atom is 0.228 e. The molecule has 2 amide bonds. The van der Waals surface area contributed by atoms with Gasteiger partial charge in [-0.1, -0.05) is 25.2 Å². The summed E-state index contributed by atoms with van der Waals surface area (Å²) < 4.78 is 0. The SMILES string of the molecule is CCN(CC)CCNC(=O)[C@H]1CCCN(c2nnc(N3CCCC3=O)s2)C1. The Labute approximate surface area is 164 Å². The van der Waals surface area contributed by atoms with Gasteiger partial charge in [-0.05, 0) is 32.4 Å². The Hall–Kier alpha value is -1.74. The minimum Gasteiger partial charge on any atom is -0.355 e. The average Bonchev–Trinajstić information content (AvgIpc) is 3.34. The molecule has 0 radical (unpaired) electrons. The Morgan fingerprint density at radius 2 is 2.00 bits per heavy atom. The van der Waals surface area contributed by atoms with E-state index in [0.717, 1.165) is 57.1 Å². The molecule has 1 aromatic rings. The molecule has 150 valence electrons. The number of nitrogens with one attached hydrogen (secondary N) is 1. The molecule has 9 heteroatoms. The van der Waals surface area contributed by atoms with Crippen molar-refractivity contribution in [3.63, 3.8) is 0 Å². The lowest BCUT2D eigenvalue weighted by Gasteiger charge is -2.31. The number of piperidine rings is 1. The Morgan fingerprint density at radius 1 is 1.22 bits per heavy atom. The number of likely N-dealkylation sites (N-methyl/N-ethyl adjacent to an activating group) is 1. The number of aromatic nitrogens is 2. The maximum absolute atomic E-state index is 12.5. The van der Waals surface area contributed by atoms with Gasteiger partial charge in [-0.25, -0.2) is 0 Å². The van der Waals surface area contributed by atoms with Gasteiger partial charge in [0, 0.05) is 39.1 Å². The lowest BCUT2D eigenvalue weighted by Crippen LogP contribution is -2.44. The van der Waals surface area contributed by atoms with Gasteiger partial charge in [-0.15, -0.1) is 10.2 Å². The molecule has 0 aliphatic carbocycles. The van der Waals surface area contributed by atoms with Gasteiger partial charge in [0.05, 0.1) is 5.92 Å². The molecule has 0 aromatic carbocycles. The third-order valence-electron chi connectivity index (χ3n) is 5.39. The van der Waals surface area contributed by atoms with Crippen molar-refractivity contribution in [2.24, 2.45) is 5.92 Å². The number of hydrogen-bond acceptors (Lipinski definition) is 7. The summed E-state index contributed by atoms with van der Waals surface area (Å²) in [5.41, 5.74) is 0. The molecule has 1 N–H and O–H groups in total. The van der Waals surface area contributed by atoms with Crippen molar-refractivity contribution in [1.82, 2.24) is 20.4 Å². The van der Waals surface area contributed by atoms with Gasteiger partial charge in [-0.2, -0.15) is 0 Å². The van der Waals surface area contributed by atoms with Gasteiger partial charge in [0.1, 0.15) is 0 Å². The summed E-state index contributed by atoms with van der Waals surface area (Å²) in [5.74, 6) is 0.240. The van der Waals surface area contributed by atoms with Crippen LogP contribution in [0.5, 0.6) is 0 Å². The molecule has 3 heterocycles. The predicted octanol–water partition coefficient (Wildman–Crippen LogP) is 1.34. The van der Waals surface area contributed by atoms with Crippen LogP contribution in [-0.2, 0) is 9.59 Å². The average molecular weight is 395 g/mol. The molecule has 2 saturated heterocycles. The number of nitrogens with zero attached hydrogens (tertiary/aromatic N) is 5. The summed E-state index contributed by atoms with van der Waals surface area (Å²) in [5, 5.41) is 13.1. The molecule has 1 atom stereocenters. The van der Waals surface area contributed by atoms with Crippen molar-refractivity contribution in [2.45, 2.75) is 39.5 Å². The minimum atomic E-state index is -0.0174. The number of hydrogen-bond donors (Lipinski definition) is 1. The van der Waals surface area contributed by atoms with Gasteiger partial charge in [-0.3, -0.25) is 14.5 Å². The zero-order valence-corrected chi connectivity index (χ0v) is 17.1. The largest absolute Gasteiger partial charge is 0.355 e. The minimum absolute atomic E-state index is 0.0174. The summed E-state index contributed by atoms with van der Waals surface area (Å²) in [7, 11) is 0. The Morgan fingerprint density at radius 3 is 2.70 bits per heavy atom. The Balaban J connectivity index is 1.52. The van der Waals surface area contributed by atoms with Gasteiger partial charge in [0.15, 0.2) is 0 Å². The van der Waals surface area contributed by atoms with Crippen molar-refractivity contribution in [3.8, 4) is 0 Å². The summed E-state index contributed by atoms with van der Waals surface area (Å²) >= 11 is 1.45. The van der Waals surface area contributed by atoms with Crippen LogP contribution in [0.15, 0.2) is 0 Å². The number of carbonyl (C=O) groups is 2. The van der Waals surface area contributed by atoms with Crippen molar-refractivity contribution < 1.29 is 9.59 Å². The van der Waals surface area contributed by atoms with Crippen LogP contribution in [0.25, 0.3) is 0 Å². The second-order valence-electron chi connectivity index (χ2n) is 7.12. The highest BCUT2D eigenvalue weighted by Crippen LogP contribution is 2.32. The van der Waals surface area contributed by atoms with Crippen molar-refractivity contribution >= 4 is 33.4 Å². The molecule has 2 fully saturated rings. The van der Waals surface area contributed by atoms with Crippen LogP contribution >= 0.6 is 11.3 Å². The fraction of sp³-hybridized carbons (Fsp3) is 0.778. The number of amides is 2. The molecule has 27 heavy (non-hydrogen) atoms. The molecule has 1 aromatic heterocycles. The smallest absolute Gasteiger partial charge is 0.228 e. The highest BCUT2D eigenvalue weighted by Gasteiger charge is 2.29. The van der Waals surface area contributed by atoms with E-state index in [4.69, 9.17) is 0 Å². The van der Waals surface area contributed by atoms with E-state index in [1.807, 2.05) is 0 Å². The molecule has 3 rings (SSSR count). The molecule has 2 aliphatic heterocycles. The first-order valence-corrected chi connectivity index (χ1v) is 10.8. The number of rotatable bonds is 8. The van der Waals surface area contributed by atoms with E-state index < -0.39 is 0 Å². The molecular formula is C18H30N6O2S. The van der Waals surface area contributed by atoms with E-state index in [0.29, 0.717) is 24.6 Å². The predicted molar refractivity (Wildman–Crippen MR) is 107 cm³/mol. The molecule has 8 nitrogen and oxygen atoms in total. The zero-order valence-electron chi connectivity index (χ0n) is 16.3. The third kappa shape index (κ3) is 4.95. The van der Waals surface area contributed by atoms with E-state index >= 15 is 0 Å². The van der Waals surface area contributed by atoms with Crippen LogP contribution in [0.3, 0.4) is 0 Å². The van der Waals surface area contributed by atoms with Crippen LogP contribution in [0.4, 0.5) is 10.3 Å². The third-order valence-corrected chi connectivity index (χ3v) is 6.40. The van der Waals surface area contributed by atoms with E-state index in [1.165, 1.54) is 11.3 Å². The van der Waals surface area contributed by atoms with Crippen LogP contribution in [0.1, 0.15) is 39.5 Å². The standard InChI is InChI=1S/C18H30N6O2S/c1-3-22(4-2)12-9-19-16(26)14-7-5-10-23(13-14)17-20-21-18(27-17)24-11-6-8-15(24)25/h14H,3-13H2,1-2H3,(H,19,26)/t14-/m0/s1. The van der Waals surface area contributed by atoms with Crippen LogP contribution < -0.4 is 15.1 Å². The first kappa shape index (κ1) is 20.0. The van der Waals surface area contributed by atoms with Crippen molar-refractivity contribution in [2.75, 3.05) is 55.6 Å². The van der Waals surface area contributed by atoms with E-state index in [1.54, 1.807) is 4.90 Å². The lowest BCUT2D eigenvalue weighted by atomic mass is 9.97. The highest BCUT2D eigenvalue weighted by atomic mass is 32.1. The molecular weight excluding hydrogens is 364 g/mol. The monoisotopic (exact) mass is 394 g/mol. The molecule has 0 spiro atoms. The van der Waals surface area contributed by atoms with E-state index in [9.17, 15) is 9.59 Å². The summed E-state index contributed by atoms with van der Waals surface area (Å²) in [6.45, 7) is 10.1. The molecule has 0 unspecified atom stereocenters. The van der Waals surface area contributed by atoms with Gasteiger partial charge in [0.2, 0.25) is 22.1 Å². The summed E-state index contributed by atoms with van der Waals surface area (Å²) in [6.07, 6.45) is 3.34. The van der Waals surface area contributed by atoms with Crippen LogP contribution in [0.2, 0.25) is 0 Å². The maximum atomic E-state index is 12.5. The molecule has 2 aliphatic rings. The van der Waals surface area contributed by atoms with Gasteiger partial charge < -0.3 is 15.1 Å². The quantitative estimate of drug-likeness (QED) is 0.717. The van der Waals surface area contributed by atoms with Crippen molar-refractivity contribution in [3.05, 3.63) is 0 Å². The fourth-order valence-corrected chi connectivity index (χ4v) is 4.61. The second-order valence-corrected chi connectivity index (χ2v) is 8.05. The Bertz CT molecular complexity index is 648.